The fraction of sp³-hybridized carbons (Fsp3) is 0.118. The smallest absolute Gasteiger partial charge is 0.0780 e. The largest absolute Gasteiger partial charge is 0.389 e. The zero-order valence-corrected chi connectivity index (χ0v) is 10.7. The van der Waals surface area contributed by atoms with Gasteiger partial charge in [-0.2, -0.15) is 0 Å². The maximum Gasteiger partial charge on any atom is 0.0780 e. The molecule has 1 atom stereocenters. The number of nitrogens with zero attached hydrogens (tertiary/aromatic N) is 1. The van der Waals surface area contributed by atoms with Crippen molar-refractivity contribution in [2.75, 3.05) is 0 Å². The number of benzene rings is 2. The Morgan fingerprint density at radius 2 is 1.68 bits per heavy atom. The van der Waals surface area contributed by atoms with Crippen LogP contribution in [-0.4, -0.2) is 10.1 Å². The third kappa shape index (κ3) is 2.23. The average Bonchev–Trinajstić information content (AvgIpc) is 2.47. The number of aromatic nitrogens is 1. The summed E-state index contributed by atoms with van der Waals surface area (Å²) >= 11 is 0. The van der Waals surface area contributed by atoms with Crippen LogP contribution in [0, 0.1) is 0 Å². The zero-order valence-electron chi connectivity index (χ0n) is 10.7. The standard InChI is InChI=1S/C17H15NO/c1-12(19)13-6-8-15(9-7-13)17-16-5-3-2-4-14(16)10-11-18-17/h2-12,19H,1H3. The van der Waals surface area contributed by atoms with Gasteiger partial charge >= 0.3 is 0 Å². The molecule has 19 heavy (non-hydrogen) atoms. The van der Waals surface area contributed by atoms with E-state index < -0.39 is 6.10 Å². The first-order valence-electron chi connectivity index (χ1n) is 6.38. The second kappa shape index (κ2) is 4.82. The van der Waals surface area contributed by atoms with Crippen LogP contribution in [-0.2, 0) is 0 Å². The van der Waals surface area contributed by atoms with E-state index in [0.717, 1.165) is 22.2 Å². The molecule has 0 aliphatic rings. The summed E-state index contributed by atoms with van der Waals surface area (Å²) in [5, 5.41) is 11.9. The van der Waals surface area contributed by atoms with Crippen molar-refractivity contribution in [1.29, 1.82) is 0 Å². The predicted octanol–water partition coefficient (Wildman–Crippen LogP) is 3.96. The molecule has 2 nitrogen and oxygen atoms in total. The maximum absolute atomic E-state index is 9.54. The number of hydrogen-bond acceptors (Lipinski definition) is 2. The van der Waals surface area contributed by atoms with Crippen molar-refractivity contribution in [3.8, 4) is 11.3 Å². The lowest BCUT2D eigenvalue weighted by Crippen LogP contribution is -1.91. The highest BCUT2D eigenvalue weighted by molar-refractivity contribution is 5.94. The molecule has 0 bridgehead atoms. The SMILES string of the molecule is CC(O)c1ccc(-c2nccc3ccccc23)cc1. The minimum atomic E-state index is -0.436. The van der Waals surface area contributed by atoms with Crippen LogP contribution in [0.25, 0.3) is 22.0 Å². The Bertz CT molecular complexity index is 697. The van der Waals surface area contributed by atoms with E-state index in [1.165, 1.54) is 5.39 Å². The Kier molecular flexibility index (Phi) is 3.02. The molecule has 2 heteroatoms. The molecule has 2 aromatic carbocycles. The van der Waals surface area contributed by atoms with Crippen LogP contribution < -0.4 is 0 Å². The predicted molar refractivity (Wildman–Crippen MR) is 77.8 cm³/mol. The van der Waals surface area contributed by atoms with E-state index in [1.807, 2.05) is 48.7 Å². The first kappa shape index (κ1) is 11.9. The van der Waals surface area contributed by atoms with E-state index in [9.17, 15) is 5.11 Å². The monoisotopic (exact) mass is 249 g/mol. The van der Waals surface area contributed by atoms with Gasteiger partial charge in [-0.1, -0.05) is 48.5 Å². The highest BCUT2D eigenvalue weighted by Gasteiger charge is 2.06. The average molecular weight is 249 g/mol. The van der Waals surface area contributed by atoms with Crippen LogP contribution >= 0.6 is 0 Å². The molecule has 1 heterocycles. The Labute approximate surface area is 112 Å². The number of hydrogen-bond donors (Lipinski definition) is 1. The van der Waals surface area contributed by atoms with E-state index in [2.05, 4.69) is 17.1 Å². The third-order valence-corrected chi connectivity index (χ3v) is 3.34. The van der Waals surface area contributed by atoms with Crippen LogP contribution in [0.4, 0.5) is 0 Å². The van der Waals surface area contributed by atoms with Gasteiger partial charge in [0.25, 0.3) is 0 Å². The summed E-state index contributed by atoms with van der Waals surface area (Å²) in [7, 11) is 0. The number of aliphatic hydroxyl groups is 1. The molecule has 1 aromatic heterocycles. The Balaban J connectivity index is 2.14. The lowest BCUT2D eigenvalue weighted by molar-refractivity contribution is 0.199. The number of fused-ring (bicyclic) bond motifs is 1. The van der Waals surface area contributed by atoms with Crippen molar-refractivity contribution in [2.45, 2.75) is 13.0 Å². The number of pyridine rings is 1. The second-order valence-electron chi connectivity index (χ2n) is 4.68. The summed E-state index contributed by atoms with van der Waals surface area (Å²) in [6.07, 6.45) is 1.40. The normalized spacial score (nSPS) is 12.5. The van der Waals surface area contributed by atoms with Crippen molar-refractivity contribution in [3.05, 3.63) is 66.4 Å². The fourth-order valence-corrected chi connectivity index (χ4v) is 2.27. The fourth-order valence-electron chi connectivity index (χ4n) is 2.27. The van der Waals surface area contributed by atoms with Gasteiger partial charge < -0.3 is 5.11 Å². The molecule has 0 aliphatic heterocycles. The molecular formula is C17H15NO. The van der Waals surface area contributed by atoms with E-state index in [4.69, 9.17) is 0 Å². The van der Waals surface area contributed by atoms with Crippen LogP contribution in [0.1, 0.15) is 18.6 Å². The highest BCUT2D eigenvalue weighted by Crippen LogP contribution is 2.27. The second-order valence-corrected chi connectivity index (χ2v) is 4.68. The van der Waals surface area contributed by atoms with Gasteiger partial charge in [0.2, 0.25) is 0 Å². The number of aliphatic hydroxyl groups excluding tert-OH is 1. The van der Waals surface area contributed by atoms with Gasteiger partial charge in [-0.3, -0.25) is 4.98 Å². The van der Waals surface area contributed by atoms with Gasteiger partial charge in [0.1, 0.15) is 0 Å². The summed E-state index contributed by atoms with van der Waals surface area (Å²) in [5.74, 6) is 0. The minimum Gasteiger partial charge on any atom is -0.389 e. The molecule has 0 saturated carbocycles. The molecule has 0 radical (unpaired) electrons. The first-order valence-corrected chi connectivity index (χ1v) is 6.38. The van der Waals surface area contributed by atoms with Gasteiger partial charge in [-0.25, -0.2) is 0 Å². The van der Waals surface area contributed by atoms with Gasteiger partial charge in [-0.15, -0.1) is 0 Å². The van der Waals surface area contributed by atoms with Crippen molar-refractivity contribution in [2.24, 2.45) is 0 Å². The zero-order chi connectivity index (χ0) is 13.2. The molecule has 94 valence electrons. The molecule has 0 amide bonds. The van der Waals surface area contributed by atoms with Crippen molar-refractivity contribution < 1.29 is 5.11 Å². The van der Waals surface area contributed by atoms with E-state index in [0.29, 0.717) is 0 Å². The summed E-state index contributed by atoms with van der Waals surface area (Å²) in [4.78, 5) is 4.49. The van der Waals surface area contributed by atoms with Crippen molar-refractivity contribution >= 4 is 10.8 Å². The summed E-state index contributed by atoms with van der Waals surface area (Å²) in [6, 6.07) is 18.2. The van der Waals surface area contributed by atoms with Crippen LogP contribution in [0.5, 0.6) is 0 Å². The number of rotatable bonds is 2. The summed E-state index contributed by atoms with van der Waals surface area (Å²) in [6.45, 7) is 1.77. The summed E-state index contributed by atoms with van der Waals surface area (Å²) < 4.78 is 0. The van der Waals surface area contributed by atoms with E-state index >= 15 is 0 Å². The first-order chi connectivity index (χ1) is 9.25. The van der Waals surface area contributed by atoms with Gasteiger partial charge in [0.15, 0.2) is 0 Å². The topological polar surface area (TPSA) is 33.1 Å². The Morgan fingerprint density at radius 3 is 2.42 bits per heavy atom. The molecule has 0 spiro atoms. The third-order valence-electron chi connectivity index (χ3n) is 3.34. The minimum absolute atomic E-state index is 0.436. The molecule has 1 N–H and O–H groups in total. The van der Waals surface area contributed by atoms with Crippen LogP contribution in [0.15, 0.2) is 60.8 Å². The lowest BCUT2D eigenvalue weighted by Gasteiger charge is -2.08. The Hall–Kier alpha value is -2.19. The van der Waals surface area contributed by atoms with Gasteiger partial charge in [0, 0.05) is 17.1 Å². The van der Waals surface area contributed by atoms with Crippen molar-refractivity contribution in [3.63, 3.8) is 0 Å². The van der Waals surface area contributed by atoms with Crippen LogP contribution in [0.3, 0.4) is 0 Å². The molecule has 0 aliphatic carbocycles. The molecule has 0 fully saturated rings. The van der Waals surface area contributed by atoms with Gasteiger partial charge in [-0.05, 0) is 23.9 Å². The van der Waals surface area contributed by atoms with Crippen molar-refractivity contribution in [1.82, 2.24) is 4.98 Å². The van der Waals surface area contributed by atoms with Gasteiger partial charge in [0.05, 0.1) is 11.8 Å². The molecule has 0 saturated heterocycles. The summed E-state index contributed by atoms with van der Waals surface area (Å²) in [5.41, 5.74) is 2.97. The molecule has 1 unspecified atom stereocenters. The molecule has 3 aromatic rings. The van der Waals surface area contributed by atoms with E-state index in [1.54, 1.807) is 6.92 Å². The highest BCUT2D eigenvalue weighted by atomic mass is 16.3. The molecular weight excluding hydrogens is 234 g/mol. The van der Waals surface area contributed by atoms with E-state index in [-0.39, 0.29) is 0 Å². The quantitative estimate of drug-likeness (QED) is 0.745. The molecule has 3 rings (SSSR count). The lowest BCUT2D eigenvalue weighted by atomic mass is 10.0. The maximum atomic E-state index is 9.54. The Morgan fingerprint density at radius 1 is 0.947 bits per heavy atom. The van der Waals surface area contributed by atoms with Crippen LogP contribution in [0.2, 0.25) is 0 Å².